The first kappa shape index (κ1) is 51.2. The van der Waals surface area contributed by atoms with E-state index < -0.39 is 16.6 Å². The maximum Gasteiger partial charge on any atom is 0.227 e. The fourth-order valence-corrected chi connectivity index (χ4v) is 8.57. The molecule has 60 heavy (non-hydrogen) atoms. The number of amides is 2. The zero-order chi connectivity index (χ0) is 44.4. The average molecular weight is 880 g/mol. The molecule has 0 aromatic heterocycles. The van der Waals surface area contributed by atoms with Crippen molar-refractivity contribution in [3.05, 3.63) is 108 Å². The molecule has 5 rings (SSSR count). The minimum Gasteiger partial charge on any atom is -0.416 e. The summed E-state index contributed by atoms with van der Waals surface area (Å²) in [6.45, 7) is 30.9. The molecular weight excluding hydrogens is 804 g/mol. The van der Waals surface area contributed by atoms with Crippen LogP contribution in [0.3, 0.4) is 0 Å². The van der Waals surface area contributed by atoms with Crippen molar-refractivity contribution in [1.29, 1.82) is 0 Å². The predicted octanol–water partition coefficient (Wildman–Crippen LogP) is 8.59. The van der Waals surface area contributed by atoms with Crippen LogP contribution >= 0.6 is 11.6 Å². The molecule has 2 saturated heterocycles. The van der Waals surface area contributed by atoms with E-state index >= 15 is 0 Å². The van der Waals surface area contributed by atoms with Gasteiger partial charge in [0, 0.05) is 83.8 Å². The minimum absolute atomic E-state index is 0.0936. The summed E-state index contributed by atoms with van der Waals surface area (Å²) in [5, 5.41) is 7.01. The summed E-state index contributed by atoms with van der Waals surface area (Å²) in [7, 11) is -3.49. The molecule has 0 bridgehead atoms. The minimum atomic E-state index is -1.93. The molecule has 12 heteroatoms. The molecule has 0 unspecified atom stereocenters. The van der Waals surface area contributed by atoms with Crippen LogP contribution in [0.15, 0.2) is 91.0 Å². The SMILES string of the molecule is CC(C)(C)[Si](C)(C)OCC1CN(C(=O)Cc2ccccc2)CCN(C(=O)Cc2ccccc2)C1.CC(C)(C)[Si](C)(C)OCC1CNCCNC1.O=C(Cl)Cc1ccccc1. The van der Waals surface area contributed by atoms with Crippen molar-refractivity contribution < 1.29 is 23.2 Å². The number of hydrogen-bond donors (Lipinski definition) is 2. The Morgan fingerprint density at radius 2 is 0.917 bits per heavy atom. The van der Waals surface area contributed by atoms with Crippen molar-refractivity contribution in [1.82, 2.24) is 20.4 Å². The van der Waals surface area contributed by atoms with Crippen molar-refractivity contribution >= 4 is 45.3 Å². The van der Waals surface area contributed by atoms with Crippen molar-refractivity contribution in [3.8, 4) is 0 Å². The van der Waals surface area contributed by atoms with Gasteiger partial charge in [-0.1, -0.05) is 133 Å². The summed E-state index contributed by atoms with van der Waals surface area (Å²) >= 11 is 5.17. The Balaban J connectivity index is 0.000000302. The van der Waals surface area contributed by atoms with Gasteiger partial charge in [0.05, 0.1) is 12.8 Å². The third-order valence-corrected chi connectivity index (χ3v) is 21.3. The summed E-state index contributed by atoms with van der Waals surface area (Å²) < 4.78 is 12.8. The normalized spacial score (nSPS) is 16.1. The summed E-state index contributed by atoms with van der Waals surface area (Å²) in [6.07, 6.45) is 1.09. The second kappa shape index (κ2) is 24.5. The second-order valence-electron chi connectivity index (χ2n) is 19.3. The van der Waals surface area contributed by atoms with Gasteiger partial charge in [-0.25, -0.2) is 0 Å². The van der Waals surface area contributed by atoms with Gasteiger partial charge in [0.2, 0.25) is 17.1 Å². The molecule has 2 amide bonds. The van der Waals surface area contributed by atoms with Crippen LogP contribution in [-0.4, -0.2) is 109 Å². The summed E-state index contributed by atoms with van der Waals surface area (Å²) in [6, 6.07) is 29.2. The lowest BCUT2D eigenvalue weighted by molar-refractivity contribution is -0.132. The molecule has 0 atom stereocenters. The van der Waals surface area contributed by atoms with Gasteiger partial charge >= 0.3 is 0 Å². The monoisotopic (exact) mass is 878 g/mol. The van der Waals surface area contributed by atoms with Gasteiger partial charge in [-0.05, 0) is 64.6 Å². The van der Waals surface area contributed by atoms with Crippen molar-refractivity contribution in [2.45, 2.75) is 97.1 Å². The average Bonchev–Trinajstić information content (AvgIpc) is 3.59. The van der Waals surface area contributed by atoms with Gasteiger partial charge in [-0.15, -0.1) is 0 Å². The molecule has 0 aliphatic carbocycles. The molecular formula is C48H75ClN4O5Si2. The van der Waals surface area contributed by atoms with Gasteiger partial charge in [-0.2, -0.15) is 0 Å². The number of nitrogens with zero attached hydrogens (tertiary/aromatic N) is 2. The van der Waals surface area contributed by atoms with E-state index in [0.29, 0.717) is 63.0 Å². The molecule has 0 spiro atoms. The number of hydrogen-bond acceptors (Lipinski definition) is 7. The Morgan fingerprint density at radius 3 is 1.25 bits per heavy atom. The van der Waals surface area contributed by atoms with Crippen LogP contribution in [0, 0.1) is 11.8 Å². The number of carbonyl (C=O) groups is 3. The lowest BCUT2D eigenvalue weighted by Gasteiger charge is -2.38. The number of nitrogens with one attached hydrogen (secondary N) is 2. The molecule has 2 fully saturated rings. The highest BCUT2D eigenvalue weighted by Crippen LogP contribution is 2.37. The van der Waals surface area contributed by atoms with Gasteiger partial charge in [0.25, 0.3) is 0 Å². The second-order valence-corrected chi connectivity index (χ2v) is 29.3. The van der Waals surface area contributed by atoms with Crippen LogP contribution in [-0.2, 0) is 42.5 Å². The van der Waals surface area contributed by atoms with Crippen LogP contribution < -0.4 is 10.6 Å². The largest absolute Gasteiger partial charge is 0.416 e. The van der Waals surface area contributed by atoms with E-state index in [1.165, 1.54) is 0 Å². The van der Waals surface area contributed by atoms with Crippen LogP contribution in [0.25, 0.3) is 0 Å². The molecule has 2 aliphatic rings. The van der Waals surface area contributed by atoms with Crippen LogP contribution in [0.5, 0.6) is 0 Å². The number of rotatable bonds is 12. The molecule has 0 radical (unpaired) electrons. The summed E-state index contributed by atoms with van der Waals surface area (Å²) in [5.41, 5.74) is 2.99. The maximum absolute atomic E-state index is 13.2. The highest BCUT2D eigenvalue weighted by molar-refractivity contribution is 6.74. The van der Waals surface area contributed by atoms with Crippen molar-refractivity contribution in [3.63, 3.8) is 0 Å². The smallest absolute Gasteiger partial charge is 0.227 e. The van der Waals surface area contributed by atoms with Gasteiger partial charge in [0.1, 0.15) is 0 Å². The van der Waals surface area contributed by atoms with E-state index in [1.807, 2.05) is 101 Å². The van der Waals surface area contributed by atoms with E-state index in [1.54, 1.807) is 0 Å². The van der Waals surface area contributed by atoms with E-state index in [0.717, 1.165) is 49.5 Å². The number of benzene rings is 3. The fourth-order valence-electron chi connectivity index (χ4n) is 6.25. The van der Waals surface area contributed by atoms with Gasteiger partial charge < -0.3 is 29.3 Å². The number of halogens is 1. The topological polar surface area (TPSA) is 100 Å². The highest BCUT2D eigenvalue weighted by Gasteiger charge is 2.39. The Labute approximate surface area is 369 Å². The van der Waals surface area contributed by atoms with Gasteiger partial charge in [0.15, 0.2) is 16.6 Å². The quantitative estimate of drug-likeness (QED) is 0.139. The summed E-state index contributed by atoms with van der Waals surface area (Å²) in [4.78, 5) is 40.6. The highest BCUT2D eigenvalue weighted by atomic mass is 35.5. The third-order valence-electron chi connectivity index (χ3n) is 12.2. The van der Waals surface area contributed by atoms with Crippen molar-refractivity contribution in [2.75, 3.05) is 65.6 Å². The molecule has 9 nitrogen and oxygen atoms in total. The molecule has 3 aromatic carbocycles. The van der Waals surface area contributed by atoms with Crippen molar-refractivity contribution in [2.24, 2.45) is 11.8 Å². The van der Waals surface area contributed by atoms with E-state index in [4.69, 9.17) is 20.5 Å². The molecule has 2 aliphatic heterocycles. The zero-order valence-electron chi connectivity index (χ0n) is 38.3. The zero-order valence-corrected chi connectivity index (χ0v) is 41.1. The maximum atomic E-state index is 13.2. The molecule has 2 N–H and O–H groups in total. The Bertz CT molecular complexity index is 1650. The molecule has 0 saturated carbocycles. The Kier molecular flexibility index (Phi) is 20.9. The molecule has 332 valence electrons. The lowest BCUT2D eigenvalue weighted by atomic mass is 10.1. The standard InChI is InChI=1S/C28H40N2O3Si.C12H28N2OSi.C8H7ClO/c1-28(2,3)34(4,5)33-22-25-20-29(26(31)18-23-12-8-6-9-13-23)16-17-30(21-25)27(32)19-24-14-10-7-11-15-24;1-12(2,3)16(4,5)15-10-11-8-13-6-7-14-9-11;9-8(10)6-7-4-2-1-3-5-7/h6-15,25H,16-22H2,1-5H3;11,13-14H,6-10H2,1-5H3;1-5H,6H2. The Hall–Kier alpha value is -3.17. The molecule has 3 aromatic rings. The third kappa shape index (κ3) is 18.4. The summed E-state index contributed by atoms with van der Waals surface area (Å²) in [5.74, 6) is 0.939. The van der Waals surface area contributed by atoms with E-state index in [9.17, 15) is 14.4 Å². The van der Waals surface area contributed by atoms with Gasteiger partial charge in [-0.3, -0.25) is 14.4 Å². The van der Waals surface area contributed by atoms with Crippen LogP contribution in [0.4, 0.5) is 0 Å². The van der Waals surface area contributed by atoms with E-state index in [2.05, 4.69) is 78.4 Å². The first-order valence-corrected chi connectivity index (χ1v) is 27.9. The molecule has 2 heterocycles. The predicted molar refractivity (Wildman–Crippen MR) is 253 cm³/mol. The van der Waals surface area contributed by atoms with Crippen LogP contribution in [0.2, 0.25) is 36.3 Å². The first-order valence-electron chi connectivity index (χ1n) is 21.7. The van der Waals surface area contributed by atoms with E-state index in [-0.39, 0.29) is 28.0 Å². The lowest BCUT2D eigenvalue weighted by Crippen LogP contribution is -2.44. The van der Waals surface area contributed by atoms with Crippen LogP contribution in [0.1, 0.15) is 58.2 Å². The first-order chi connectivity index (χ1) is 28.2. The fraction of sp³-hybridized carbons (Fsp3) is 0.562. The Morgan fingerprint density at radius 1 is 0.583 bits per heavy atom. The number of carbonyl (C=O) groups excluding carboxylic acids is 3.